The van der Waals surface area contributed by atoms with E-state index >= 15 is 0 Å². The second-order valence-electron chi connectivity index (χ2n) is 6.18. The van der Waals surface area contributed by atoms with E-state index in [-0.39, 0.29) is 35.2 Å². The number of hydrogen-bond acceptors (Lipinski definition) is 5. The quantitative estimate of drug-likeness (QED) is 0.713. The molecule has 0 bridgehead atoms. The number of aliphatic carboxylic acids is 1. The topological polar surface area (TPSA) is 104 Å². The summed E-state index contributed by atoms with van der Waals surface area (Å²) in [4.78, 5) is 25.2. The monoisotopic (exact) mass is 368 g/mol. The Bertz CT molecular complexity index is 724. The molecule has 0 unspecified atom stereocenters. The van der Waals surface area contributed by atoms with Crippen molar-refractivity contribution in [3.8, 4) is 0 Å². The van der Waals surface area contributed by atoms with Gasteiger partial charge in [-0.1, -0.05) is 13.8 Å². The second kappa shape index (κ2) is 7.97. The summed E-state index contributed by atoms with van der Waals surface area (Å²) < 4.78 is 23.5. The molecule has 0 heterocycles. The number of amides is 1. The van der Waals surface area contributed by atoms with Crippen molar-refractivity contribution in [1.29, 1.82) is 0 Å². The maximum absolute atomic E-state index is 12.2. The first kappa shape index (κ1) is 19.4. The van der Waals surface area contributed by atoms with E-state index in [0.717, 1.165) is 12.8 Å². The Morgan fingerprint density at radius 1 is 1.20 bits per heavy atom. The molecule has 2 N–H and O–H groups in total. The summed E-state index contributed by atoms with van der Waals surface area (Å²) in [5.74, 6) is -1.08. The Labute approximate surface area is 147 Å². The van der Waals surface area contributed by atoms with Crippen LogP contribution in [0.5, 0.6) is 0 Å². The first-order valence-corrected chi connectivity index (χ1v) is 10.0. The van der Waals surface area contributed by atoms with Crippen molar-refractivity contribution >= 4 is 21.7 Å². The van der Waals surface area contributed by atoms with Crippen LogP contribution in [0.25, 0.3) is 0 Å². The number of sulfone groups is 1. The largest absolute Gasteiger partial charge is 0.480 e. The third-order valence-corrected chi connectivity index (χ3v) is 6.32. The van der Waals surface area contributed by atoms with Crippen LogP contribution in [0.3, 0.4) is 0 Å². The minimum Gasteiger partial charge on any atom is -0.480 e. The number of benzene rings is 1. The molecule has 1 aliphatic carbocycles. The highest BCUT2D eigenvalue weighted by Gasteiger charge is 2.34. The van der Waals surface area contributed by atoms with E-state index < -0.39 is 15.8 Å². The number of rotatable bonds is 8. The van der Waals surface area contributed by atoms with E-state index in [1.807, 2.05) is 11.8 Å². The molecule has 1 aliphatic rings. The zero-order valence-electron chi connectivity index (χ0n) is 14.4. The van der Waals surface area contributed by atoms with Gasteiger partial charge in [0.05, 0.1) is 17.2 Å². The lowest BCUT2D eigenvalue weighted by molar-refractivity contribution is -0.139. The van der Waals surface area contributed by atoms with Crippen LogP contribution < -0.4 is 5.32 Å². The third-order valence-electron chi connectivity index (χ3n) is 4.56. The summed E-state index contributed by atoms with van der Waals surface area (Å²) in [5, 5.41) is 11.8. The van der Waals surface area contributed by atoms with E-state index in [1.165, 1.54) is 24.3 Å². The van der Waals surface area contributed by atoms with Crippen molar-refractivity contribution in [3.05, 3.63) is 29.8 Å². The highest BCUT2D eigenvalue weighted by Crippen LogP contribution is 2.26. The molecule has 0 spiro atoms. The normalized spacial score (nSPS) is 20.1. The maximum atomic E-state index is 12.2. The summed E-state index contributed by atoms with van der Waals surface area (Å²) in [6, 6.07) is 6.10. The van der Waals surface area contributed by atoms with E-state index in [0.29, 0.717) is 12.1 Å². The van der Waals surface area contributed by atoms with Gasteiger partial charge in [-0.2, -0.15) is 0 Å². The number of nitrogens with one attached hydrogen (secondary N) is 1. The number of hydrogen-bond donors (Lipinski definition) is 2. The standard InChI is InChI=1S/C17H24N2O5S/c1-3-19(11-16(20)21)14-9-13(10-14)18-17(22)12-5-7-15(8-6-12)25(23,24)4-2/h5-8,13-14H,3-4,9-11H2,1-2H3,(H,18,22)(H,20,21). The first-order valence-electron chi connectivity index (χ1n) is 8.36. The molecule has 1 aromatic carbocycles. The fourth-order valence-corrected chi connectivity index (χ4v) is 3.81. The Balaban J connectivity index is 1.89. The van der Waals surface area contributed by atoms with Crippen molar-refractivity contribution in [3.63, 3.8) is 0 Å². The van der Waals surface area contributed by atoms with Gasteiger partial charge in [-0.25, -0.2) is 8.42 Å². The van der Waals surface area contributed by atoms with Crippen molar-refractivity contribution in [2.24, 2.45) is 0 Å². The molecule has 0 aliphatic heterocycles. The summed E-state index contributed by atoms with van der Waals surface area (Å²) in [5.41, 5.74) is 0.413. The molecule has 0 aromatic heterocycles. The average molecular weight is 368 g/mol. The molecular formula is C17H24N2O5S. The lowest BCUT2D eigenvalue weighted by atomic mass is 9.85. The zero-order valence-corrected chi connectivity index (χ0v) is 15.3. The predicted molar refractivity (Wildman–Crippen MR) is 93.3 cm³/mol. The Hall–Kier alpha value is -1.93. The molecule has 1 saturated carbocycles. The molecule has 138 valence electrons. The number of carboxylic acids is 1. The number of carboxylic acid groups (broad SMARTS) is 1. The Kier molecular flexibility index (Phi) is 6.18. The van der Waals surface area contributed by atoms with Crippen molar-refractivity contribution in [2.75, 3.05) is 18.8 Å². The van der Waals surface area contributed by atoms with E-state index in [2.05, 4.69) is 5.32 Å². The van der Waals surface area contributed by atoms with Crippen LogP contribution in [0.2, 0.25) is 0 Å². The van der Waals surface area contributed by atoms with Crippen LogP contribution in [0.15, 0.2) is 29.2 Å². The molecule has 2 rings (SSSR count). The van der Waals surface area contributed by atoms with Crippen molar-refractivity contribution < 1.29 is 23.1 Å². The fraction of sp³-hybridized carbons (Fsp3) is 0.529. The smallest absolute Gasteiger partial charge is 0.317 e. The van der Waals surface area contributed by atoms with Crippen molar-refractivity contribution in [2.45, 2.75) is 43.7 Å². The number of nitrogens with zero attached hydrogens (tertiary/aromatic N) is 1. The van der Waals surface area contributed by atoms with Crippen LogP contribution in [0, 0.1) is 0 Å². The van der Waals surface area contributed by atoms with E-state index in [4.69, 9.17) is 5.11 Å². The minimum atomic E-state index is -3.27. The van der Waals surface area contributed by atoms with Gasteiger partial charge in [0.2, 0.25) is 0 Å². The summed E-state index contributed by atoms with van der Waals surface area (Å²) >= 11 is 0. The SMILES string of the molecule is CCN(CC(=O)O)C1CC(NC(=O)c2ccc(S(=O)(=O)CC)cc2)C1. The van der Waals surface area contributed by atoms with Gasteiger partial charge < -0.3 is 10.4 Å². The van der Waals surface area contributed by atoms with Gasteiger partial charge in [-0.05, 0) is 43.7 Å². The third kappa shape index (κ3) is 4.79. The minimum absolute atomic E-state index is 0.00912. The van der Waals surface area contributed by atoms with Gasteiger partial charge >= 0.3 is 5.97 Å². The maximum Gasteiger partial charge on any atom is 0.317 e. The van der Waals surface area contributed by atoms with Gasteiger partial charge in [0.1, 0.15) is 0 Å². The van der Waals surface area contributed by atoms with Crippen molar-refractivity contribution in [1.82, 2.24) is 10.2 Å². The Morgan fingerprint density at radius 3 is 2.28 bits per heavy atom. The molecule has 25 heavy (non-hydrogen) atoms. The van der Waals surface area contributed by atoms with Crippen LogP contribution in [-0.4, -0.2) is 61.2 Å². The first-order chi connectivity index (χ1) is 11.8. The number of likely N-dealkylation sites (N-methyl/N-ethyl adjacent to an activating group) is 1. The van der Waals surface area contributed by atoms with Crippen LogP contribution in [0.1, 0.15) is 37.0 Å². The summed E-state index contributed by atoms with van der Waals surface area (Å²) in [6.07, 6.45) is 1.43. The molecular weight excluding hydrogens is 344 g/mol. The van der Waals surface area contributed by atoms with Crippen LogP contribution in [-0.2, 0) is 14.6 Å². The highest BCUT2D eigenvalue weighted by atomic mass is 32.2. The van der Waals surface area contributed by atoms with Gasteiger partial charge in [-0.3, -0.25) is 14.5 Å². The fourth-order valence-electron chi connectivity index (χ4n) is 2.93. The lowest BCUT2D eigenvalue weighted by Gasteiger charge is -2.42. The molecule has 0 saturated heterocycles. The lowest BCUT2D eigenvalue weighted by Crippen LogP contribution is -2.54. The molecule has 8 heteroatoms. The van der Waals surface area contributed by atoms with Gasteiger partial charge in [0.25, 0.3) is 5.91 Å². The van der Waals surface area contributed by atoms with Gasteiger partial charge in [0.15, 0.2) is 9.84 Å². The molecule has 1 fully saturated rings. The molecule has 7 nitrogen and oxygen atoms in total. The zero-order chi connectivity index (χ0) is 18.6. The van der Waals surface area contributed by atoms with Crippen LogP contribution >= 0.6 is 0 Å². The molecule has 1 amide bonds. The molecule has 0 radical (unpaired) electrons. The van der Waals surface area contributed by atoms with E-state index in [9.17, 15) is 18.0 Å². The second-order valence-corrected chi connectivity index (χ2v) is 8.46. The summed E-state index contributed by atoms with van der Waals surface area (Å²) in [7, 11) is -3.27. The summed E-state index contributed by atoms with van der Waals surface area (Å²) in [6.45, 7) is 4.16. The molecule has 0 atom stereocenters. The van der Waals surface area contributed by atoms with Gasteiger partial charge in [-0.15, -0.1) is 0 Å². The average Bonchev–Trinajstić information content (AvgIpc) is 2.55. The van der Waals surface area contributed by atoms with Gasteiger partial charge in [0, 0.05) is 17.6 Å². The Morgan fingerprint density at radius 2 is 1.80 bits per heavy atom. The number of carbonyl (C=O) groups excluding carboxylic acids is 1. The van der Waals surface area contributed by atoms with Crippen LogP contribution in [0.4, 0.5) is 0 Å². The highest BCUT2D eigenvalue weighted by molar-refractivity contribution is 7.91. The van der Waals surface area contributed by atoms with E-state index in [1.54, 1.807) is 6.92 Å². The molecule has 1 aromatic rings. The predicted octanol–water partition coefficient (Wildman–Crippen LogP) is 1.15. The number of carbonyl (C=O) groups is 2.